The van der Waals surface area contributed by atoms with E-state index in [1.165, 1.54) is 0 Å². The summed E-state index contributed by atoms with van der Waals surface area (Å²) >= 11 is 1.61. The molecule has 1 rings (SSSR count). The lowest BCUT2D eigenvalue weighted by Crippen LogP contribution is -2.15. The summed E-state index contributed by atoms with van der Waals surface area (Å²) in [6, 6.07) is 5.52. The minimum absolute atomic E-state index is 0.00566. The van der Waals surface area contributed by atoms with Crippen LogP contribution in [-0.2, 0) is 9.53 Å². The van der Waals surface area contributed by atoms with Crippen molar-refractivity contribution in [2.75, 3.05) is 36.3 Å². The van der Waals surface area contributed by atoms with Gasteiger partial charge in [0.25, 0.3) is 0 Å². The molecule has 0 spiro atoms. The van der Waals surface area contributed by atoms with Crippen molar-refractivity contribution in [3.05, 3.63) is 23.8 Å². The fraction of sp³-hybridized carbons (Fsp3) is 0.462. The highest BCUT2D eigenvalue weighted by molar-refractivity contribution is 7.99. The van der Waals surface area contributed by atoms with Gasteiger partial charge >= 0.3 is 0 Å². The molecule has 0 heterocycles. The quantitative estimate of drug-likeness (QED) is 0.588. The molecule has 0 aliphatic carbocycles. The zero-order chi connectivity index (χ0) is 13.4. The fourth-order valence-electron chi connectivity index (χ4n) is 1.45. The maximum Gasteiger partial charge on any atom is 0.234 e. The Bertz CT molecular complexity index is 397. The summed E-state index contributed by atoms with van der Waals surface area (Å²) in [7, 11) is 1.68. The standard InChI is InChI=1S/C13H20N2O2S/c1-10-11(14)5-3-6-12(10)15-13(16)9-18-8-4-7-17-2/h3,5-6H,4,7-9,14H2,1-2H3,(H,15,16). The summed E-state index contributed by atoms with van der Waals surface area (Å²) in [6.45, 7) is 2.64. The summed E-state index contributed by atoms with van der Waals surface area (Å²) in [5.41, 5.74) is 8.18. The van der Waals surface area contributed by atoms with Crippen LogP contribution >= 0.6 is 11.8 Å². The van der Waals surface area contributed by atoms with E-state index in [0.29, 0.717) is 11.4 Å². The second kappa shape index (κ2) is 8.00. The van der Waals surface area contributed by atoms with E-state index in [1.54, 1.807) is 18.9 Å². The molecule has 100 valence electrons. The summed E-state index contributed by atoms with van der Waals surface area (Å²) in [5, 5.41) is 2.87. The van der Waals surface area contributed by atoms with Crippen LogP contribution in [0.25, 0.3) is 0 Å². The lowest BCUT2D eigenvalue weighted by molar-refractivity contribution is -0.113. The van der Waals surface area contributed by atoms with Crippen molar-refractivity contribution in [3.63, 3.8) is 0 Å². The lowest BCUT2D eigenvalue weighted by Gasteiger charge is -2.09. The van der Waals surface area contributed by atoms with Gasteiger partial charge in [0.1, 0.15) is 0 Å². The van der Waals surface area contributed by atoms with Crippen molar-refractivity contribution in [2.24, 2.45) is 0 Å². The van der Waals surface area contributed by atoms with Gasteiger partial charge in [-0.15, -0.1) is 0 Å². The normalized spacial score (nSPS) is 10.3. The maximum absolute atomic E-state index is 11.7. The largest absolute Gasteiger partial charge is 0.398 e. The van der Waals surface area contributed by atoms with E-state index in [9.17, 15) is 4.79 Å². The van der Waals surface area contributed by atoms with Crippen molar-refractivity contribution in [1.29, 1.82) is 0 Å². The van der Waals surface area contributed by atoms with E-state index >= 15 is 0 Å². The molecule has 1 aromatic rings. The minimum Gasteiger partial charge on any atom is -0.398 e. The average molecular weight is 268 g/mol. The fourth-order valence-corrected chi connectivity index (χ4v) is 2.17. The molecule has 0 aliphatic heterocycles. The molecule has 3 N–H and O–H groups in total. The van der Waals surface area contributed by atoms with Gasteiger partial charge in [-0.2, -0.15) is 11.8 Å². The summed E-state index contributed by atoms with van der Waals surface area (Å²) in [5.74, 6) is 1.39. The molecule has 5 heteroatoms. The molecule has 18 heavy (non-hydrogen) atoms. The number of carbonyl (C=O) groups excluding carboxylic acids is 1. The first-order valence-electron chi connectivity index (χ1n) is 5.86. The van der Waals surface area contributed by atoms with Gasteiger partial charge in [-0.1, -0.05) is 6.07 Å². The van der Waals surface area contributed by atoms with Crippen LogP contribution in [-0.4, -0.2) is 31.1 Å². The number of benzene rings is 1. The molecular weight excluding hydrogens is 248 g/mol. The Balaban J connectivity index is 2.34. The van der Waals surface area contributed by atoms with Crippen LogP contribution in [0, 0.1) is 6.92 Å². The number of nitrogens with one attached hydrogen (secondary N) is 1. The highest BCUT2D eigenvalue weighted by Crippen LogP contribution is 2.20. The number of hydrogen-bond donors (Lipinski definition) is 2. The molecule has 0 unspecified atom stereocenters. The molecular formula is C13H20N2O2S. The molecule has 0 saturated carbocycles. The van der Waals surface area contributed by atoms with E-state index in [0.717, 1.165) is 30.0 Å². The molecule has 0 fully saturated rings. The highest BCUT2D eigenvalue weighted by atomic mass is 32.2. The number of ether oxygens (including phenoxy) is 1. The summed E-state index contributed by atoms with van der Waals surface area (Å²) in [4.78, 5) is 11.7. The zero-order valence-electron chi connectivity index (χ0n) is 10.9. The Morgan fingerprint density at radius 3 is 3.00 bits per heavy atom. The van der Waals surface area contributed by atoms with Crippen molar-refractivity contribution in [2.45, 2.75) is 13.3 Å². The monoisotopic (exact) mass is 268 g/mol. The molecule has 0 bridgehead atoms. The topological polar surface area (TPSA) is 64.3 Å². The third-order valence-corrected chi connectivity index (χ3v) is 3.56. The van der Waals surface area contributed by atoms with E-state index in [4.69, 9.17) is 10.5 Å². The third kappa shape index (κ3) is 4.98. The van der Waals surface area contributed by atoms with Gasteiger partial charge in [-0.05, 0) is 36.8 Å². The van der Waals surface area contributed by atoms with Crippen molar-refractivity contribution in [1.82, 2.24) is 0 Å². The number of rotatable bonds is 7. The maximum atomic E-state index is 11.7. The molecule has 4 nitrogen and oxygen atoms in total. The van der Waals surface area contributed by atoms with Crippen LogP contribution in [0.1, 0.15) is 12.0 Å². The molecule has 1 amide bonds. The van der Waals surface area contributed by atoms with E-state index in [-0.39, 0.29) is 5.91 Å². The van der Waals surface area contributed by atoms with Crippen LogP contribution in [0.5, 0.6) is 0 Å². The third-order valence-electron chi connectivity index (χ3n) is 2.52. The van der Waals surface area contributed by atoms with Crippen LogP contribution in [0.4, 0.5) is 11.4 Å². The van der Waals surface area contributed by atoms with Crippen molar-refractivity contribution in [3.8, 4) is 0 Å². The number of hydrogen-bond acceptors (Lipinski definition) is 4. The first-order valence-corrected chi connectivity index (χ1v) is 7.02. The number of thioether (sulfide) groups is 1. The second-order valence-corrected chi connectivity index (χ2v) is 5.07. The predicted molar refractivity (Wildman–Crippen MR) is 78.0 cm³/mol. The van der Waals surface area contributed by atoms with Crippen molar-refractivity contribution >= 4 is 29.0 Å². The minimum atomic E-state index is 0.00566. The van der Waals surface area contributed by atoms with Gasteiger partial charge in [0.2, 0.25) is 5.91 Å². The van der Waals surface area contributed by atoms with Gasteiger partial charge in [-0.3, -0.25) is 4.79 Å². The van der Waals surface area contributed by atoms with Gasteiger partial charge < -0.3 is 15.8 Å². The molecule has 0 atom stereocenters. The van der Waals surface area contributed by atoms with Gasteiger partial charge in [-0.25, -0.2) is 0 Å². The number of nitrogen functional groups attached to an aromatic ring is 1. The average Bonchev–Trinajstić information content (AvgIpc) is 2.35. The molecule has 0 radical (unpaired) electrons. The second-order valence-electron chi connectivity index (χ2n) is 3.97. The summed E-state index contributed by atoms with van der Waals surface area (Å²) < 4.78 is 4.95. The Morgan fingerprint density at radius 2 is 2.28 bits per heavy atom. The van der Waals surface area contributed by atoms with E-state index < -0.39 is 0 Å². The molecule has 1 aromatic carbocycles. The SMILES string of the molecule is COCCCSCC(=O)Nc1cccc(N)c1C. The van der Waals surface area contributed by atoms with Crippen LogP contribution < -0.4 is 11.1 Å². The number of nitrogens with two attached hydrogens (primary N) is 1. The molecule has 0 aliphatic rings. The molecule has 0 aromatic heterocycles. The first-order chi connectivity index (χ1) is 8.65. The van der Waals surface area contributed by atoms with Crippen molar-refractivity contribution < 1.29 is 9.53 Å². The molecule has 0 saturated heterocycles. The number of amides is 1. The number of methoxy groups -OCH3 is 1. The Morgan fingerprint density at radius 1 is 1.50 bits per heavy atom. The van der Waals surface area contributed by atoms with E-state index in [2.05, 4.69) is 5.32 Å². The van der Waals surface area contributed by atoms with Crippen LogP contribution in [0.2, 0.25) is 0 Å². The Kier molecular flexibility index (Phi) is 6.60. The van der Waals surface area contributed by atoms with Gasteiger partial charge in [0.15, 0.2) is 0 Å². The highest BCUT2D eigenvalue weighted by Gasteiger charge is 2.06. The summed E-state index contributed by atoms with van der Waals surface area (Å²) in [6.07, 6.45) is 0.964. The van der Waals surface area contributed by atoms with Crippen LogP contribution in [0.3, 0.4) is 0 Å². The van der Waals surface area contributed by atoms with Gasteiger partial charge in [0, 0.05) is 25.1 Å². The smallest absolute Gasteiger partial charge is 0.234 e. The Labute approximate surface area is 112 Å². The van der Waals surface area contributed by atoms with Gasteiger partial charge in [0.05, 0.1) is 5.75 Å². The Hall–Kier alpha value is -1.20. The zero-order valence-corrected chi connectivity index (χ0v) is 11.7. The predicted octanol–water partition coefficient (Wildman–Crippen LogP) is 2.29. The number of anilines is 2. The van der Waals surface area contributed by atoms with E-state index in [1.807, 2.05) is 25.1 Å². The van der Waals surface area contributed by atoms with Crippen LogP contribution in [0.15, 0.2) is 18.2 Å². The number of carbonyl (C=O) groups is 1. The lowest BCUT2D eigenvalue weighted by atomic mass is 10.1. The first kappa shape index (κ1) is 14.9.